The predicted octanol–water partition coefficient (Wildman–Crippen LogP) is 2.39. The molecule has 1 heterocycles. The smallest absolute Gasteiger partial charge is 0.161 e. The van der Waals surface area contributed by atoms with Gasteiger partial charge in [0.05, 0.1) is 12.0 Å². The van der Waals surface area contributed by atoms with Crippen LogP contribution in [0.4, 0.5) is 0 Å². The van der Waals surface area contributed by atoms with Crippen LogP contribution in [0.15, 0.2) is 30.6 Å². The lowest BCUT2D eigenvalue weighted by Crippen LogP contribution is -2.01. The van der Waals surface area contributed by atoms with Gasteiger partial charge in [-0.2, -0.15) is 5.26 Å². The average Bonchev–Trinajstić information content (AvgIpc) is 2.69. The molecule has 0 spiro atoms. The third-order valence-corrected chi connectivity index (χ3v) is 3.06. The topological polar surface area (TPSA) is 41.6 Å². The molecule has 1 aromatic heterocycles. The first-order valence-electron chi connectivity index (χ1n) is 5.67. The summed E-state index contributed by atoms with van der Waals surface area (Å²) in [4.78, 5) is 4.07. The van der Waals surface area contributed by atoms with Crippen molar-refractivity contribution in [2.45, 2.75) is 19.8 Å². The first kappa shape index (κ1) is 11.4. The van der Waals surface area contributed by atoms with Gasteiger partial charge >= 0.3 is 0 Å². The standard InChI is InChI=1S/C14H15N3/c1-11-5-3-4-6-12(11)7-8-14-13(9-15)16-10-17(14)2/h3-6,10H,7-8H2,1-2H3. The summed E-state index contributed by atoms with van der Waals surface area (Å²) >= 11 is 0. The summed E-state index contributed by atoms with van der Waals surface area (Å²) in [5.41, 5.74) is 4.18. The van der Waals surface area contributed by atoms with Gasteiger partial charge in [-0.25, -0.2) is 4.98 Å². The highest BCUT2D eigenvalue weighted by molar-refractivity contribution is 5.30. The van der Waals surface area contributed by atoms with E-state index >= 15 is 0 Å². The molecule has 86 valence electrons. The van der Waals surface area contributed by atoms with Gasteiger partial charge in [-0.05, 0) is 30.9 Å². The molecule has 1 aromatic carbocycles. The molecule has 0 fully saturated rings. The fourth-order valence-electron chi connectivity index (χ4n) is 1.99. The molecule has 0 aliphatic heterocycles. The van der Waals surface area contributed by atoms with Crippen LogP contribution in [0.2, 0.25) is 0 Å². The summed E-state index contributed by atoms with van der Waals surface area (Å²) in [6.45, 7) is 2.11. The van der Waals surface area contributed by atoms with Crippen LogP contribution < -0.4 is 0 Å². The minimum absolute atomic E-state index is 0.543. The van der Waals surface area contributed by atoms with E-state index in [2.05, 4.69) is 36.2 Å². The zero-order chi connectivity index (χ0) is 12.3. The van der Waals surface area contributed by atoms with E-state index in [1.54, 1.807) is 6.33 Å². The van der Waals surface area contributed by atoms with Crippen LogP contribution in [0.25, 0.3) is 0 Å². The van der Waals surface area contributed by atoms with Crippen molar-refractivity contribution in [2.24, 2.45) is 7.05 Å². The molecule has 0 amide bonds. The van der Waals surface area contributed by atoms with E-state index in [1.165, 1.54) is 11.1 Å². The molecule has 3 nitrogen and oxygen atoms in total. The number of aromatic nitrogens is 2. The lowest BCUT2D eigenvalue weighted by atomic mass is 10.0. The fourth-order valence-corrected chi connectivity index (χ4v) is 1.99. The number of benzene rings is 1. The van der Waals surface area contributed by atoms with Gasteiger partial charge in [0.15, 0.2) is 5.69 Å². The van der Waals surface area contributed by atoms with Crippen molar-refractivity contribution >= 4 is 0 Å². The zero-order valence-corrected chi connectivity index (χ0v) is 10.1. The number of imidazole rings is 1. The van der Waals surface area contributed by atoms with Gasteiger partial charge in [0.25, 0.3) is 0 Å². The molecule has 17 heavy (non-hydrogen) atoms. The Balaban J connectivity index is 2.16. The minimum atomic E-state index is 0.543. The summed E-state index contributed by atoms with van der Waals surface area (Å²) in [5.74, 6) is 0. The molecule has 0 N–H and O–H groups in total. The van der Waals surface area contributed by atoms with Crippen molar-refractivity contribution in [3.05, 3.63) is 53.1 Å². The van der Waals surface area contributed by atoms with Crippen LogP contribution >= 0.6 is 0 Å². The summed E-state index contributed by atoms with van der Waals surface area (Å²) in [6, 6.07) is 10.5. The number of hydrogen-bond acceptors (Lipinski definition) is 2. The van der Waals surface area contributed by atoms with E-state index in [9.17, 15) is 0 Å². The maximum Gasteiger partial charge on any atom is 0.161 e. The highest BCUT2D eigenvalue weighted by atomic mass is 15.0. The third-order valence-electron chi connectivity index (χ3n) is 3.06. The molecule has 2 rings (SSSR count). The Morgan fingerprint density at radius 3 is 2.76 bits per heavy atom. The highest BCUT2D eigenvalue weighted by Gasteiger charge is 2.08. The van der Waals surface area contributed by atoms with Crippen LogP contribution in [0.3, 0.4) is 0 Å². The van der Waals surface area contributed by atoms with Gasteiger partial charge < -0.3 is 4.57 Å². The number of rotatable bonds is 3. The summed E-state index contributed by atoms with van der Waals surface area (Å²) in [5, 5.41) is 8.96. The second-order valence-corrected chi connectivity index (χ2v) is 4.19. The number of hydrogen-bond donors (Lipinski definition) is 0. The lowest BCUT2D eigenvalue weighted by molar-refractivity contribution is 0.794. The molecule has 0 bridgehead atoms. The van der Waals surface area contributed by atoms with Crippen LogP contribution in [-0.2, 0) is 19.9 Å². The van der Waals surface area contributed by atoms with Gasteiger partial charge in [0, 0.05) is 7.05 Å². The van der Waals surface area contributed by atoms with Crippen molar-refractivity contribution in [3.63, 3.8) is 0 Å². The van der Waals surface area contributed by atoms with E-state index in [4.69, 9.17) is 5.26 Å². The lowest BCUT2D eigenvalue weighted by Gasteiger charge is -2.06. The summed E-state index contributed by atoms with van der Waals surface area (Å²) < 4.78 is 1.93. The molecular weight excluding hydrogens is 210 g/mol. The van der Waals surface area contributed by atoms with E-state index < -0.39 is 0 Å². The third kappa shape index (κ3) is 2.36. The van der Waals surface area contributed by atoms with Crippen molar-refractivity contribution in [1.29, 1.82) is 5.26 Å². The van der Waals surface area contributed by atoms with Gasteiger partial charge in [-0.3, -0.25) is 0 Å². The molecule has 0 saturated carbocycles. The monoisotopic (exact) mass is 225 g/mol. The summed E-state index contributed by atoms with van der Waals surface area (Å²) in [6.07, 6.45) is 3.50. The molecular formula is C14H15N3. The van der Waals surface area contributed by atoms with Crippen molar-refractivity contribution in [3.8, 4) is 6.07 Å². The molecule has 2 aromatic rings. The molecule has 0 saturated heterocycles. The molecule has 0 atom stereocenters. The molecule has 0 unspecified atom stereocenters. The maximum atomic E-state index is 8.96. The van der Waals surface area contributed by atoms with Gasteiger partial charge in [-0.15, -0.1) is 0 Å². The maximum absolute atomic E-state index is 8.96. The minimum Gasteiger partial charge on any atom is -0.336 e. The van der Waals surface area contributed by atoms with E-state index in [0.29, 0.717) is 5.69 Å². The Kier molecular flexibility index (Phi) is 3.24. The number of nitriles is 1. The predicted molar refractivity (Wildman–Crippen MR) is 66.5 cm³/mol. The summed E-state index contributed by atoms with van der Waals surface area (Å²) in [7, 11) is 1.93. The SMILES string of the molecule is Cc1ccccc1CCc1c(C#N)ncn1C. The Bertz CT molecular complexity index is 561. The van der Waals surface area contributed by atoms with E-state index in [0.717, 1.165) is 18.5 Å². The van der Waals surface area contributed by atoms with Crippen molar-refractivity contribution in [2.75, 3.05) is 0 Å². The Morgan fingerprint density at radius 1 is 1.29 bits per heavy atom. The fraction of sp³-hybridized carbons (Fsp3) is 0.286. The van der Waals surface area contributed by atoms with Crippen LogP contribution in [-0.4, -0.2) is 9.55 Å². The van der Waals surface area contributed by atoms with Crippen LogP contribution in [0.5, 0.6) is 0 Å². The Morgan fingerprint density at radius 2 is 2.06 bits per heavy atom. The van der Waals surface area contributed by atoms with E-state index in [-0.39, 0.29) is 0 Å². The van der Waals surface area contributed by atoms with E-state index in [1.807, 2.05) is 17.7 Å². The van der Waals surface area contributed by atoms with Crippen LogP contribution in [0.1, 0.15) is 22.5 Å². The van der Waals surface area contributed by atoms with Crippen molar-refractivity contribution < 1.29 is 0 Å². The van der Waals surface area contributed by atoms with Gasteiger partial charge in [-0.1, -0.05) is 24.3 Å². The average molecular weight is 225 g/mol. The first-order valence-corrected chi connectivity index (χ1v) is 5.67. The molecule has 0 radical (unpaired) electrons. The zero-order valence-electron chi connectivity index (χ0n) is 10.1. The van der Waals surface area contributed by atoms with Crippen molar-refractivity contribution in [1.82, 2.24) is 9.55 Å². The molecule has 3 heteroatoms. The second-order valence-electron chi connectivity index (χ2n) is 4.19. The Hall–Kier alpha value is -2.08. The largest absolute Gasteiger partial charge is 0.336 e. The molecule has 0 aliphatic rings. The molecule has 0 aliphatic carbocycles. The van der Waals surface area contributed by atoms with Gasteiger partial charge in [0.2, 0.25) is 0 Å². The van der Waals surface area contributed by atoms with Crippen LogP contribution in [0, 0.1) is 18.3 Å². The quantitative estimate of drug-likeness (QED) is 0.804. The normalized spacial score (nSPS) is 10.2. The van der Waals surface area contributed by atoms with Gasteiger partial charge in [0.1, 0.15) is 6.07 Å². The number of aryl methyl sites for hydroxylation is 3. The Labute approximate surface area is 101 Å². The second kappa shape index (κ2) is 4.84. The first-order chi connectivity index (χ1) is 8.22. The number of nitrogens with zero attached hydrogens (tertiary/aromatic N) is 3. The highest BCUT2D eigenvalue weighted by Crippen LogP contribution is 2.13.